The molecular weight excluding hydrogens is 473 g/mol. The number of phenolic OH excluding ortho intramolecular Hbond substituents is 1. The molecule has 2 N–H and O–H groups in total. The van der Waals surface area contributed by atoms with Crippen LogP contribution < -0.4 is 19.9 Å². The number of phenols is 1. The van der Waals surface area contributed by atoms with Crippen LogP contribution in [0.1, 0.15) is 60.6 Å². The first-order chi connectivity index (χ1) is 18.0. The molecule has 8 nitrogen and oxygen atoms in total. The highest BCUT2D eigenvalue weighted by molar-refractivity contribution is 6.16. The number of carbonyl (C=O) groups excluding carboxylic acids is 1. The van der Waals surface area contributed by atoms with Crippen LogP contribution in [0.25, 0.3) is 10.8 Å². The van der Waals surface area contributed by atoms with Crippen LogP contribution in [0.2, 0.25) is 0 Å². The standard InChI is InChI=1S/C28H32FN5O3/c1-2-20-21(29)8-7-17-13-18(35)14-23(24(17)20)34-16-22-25(27(34)36)26(33-11-5-3-4-6-12-33)32-28(31-22)37-19-9-10-30-15-19/h7-8,13-14,19,30,35H,2-6,9-12,15-16H2,1H3/t19-/m0/s1. The second kappa shape index (κ2) is 9.78. The summed E-state index contributed by atoms with van der Waals surface area (Å²) in [5, 5.41) is 15.1. The summed E-state index contributed by atoms with van der Waals surface area (Å²) in [6.07, 6.45) is 5.72. The molecule has 0 saturated carbocycles. The highest BCUT2D eigenvalue weighted by Crippen LogP contribution is 2.41. The summed E-state index contributed by atoms with van der Waals surface area (Å²) in [5.74, 6) is 0.0850. The van der Waals surface area contributed by atoms with Gasteiger partial charge in [0.2, 0.25) is 0 Å². The van der Waals surface area contributed by atoms with E-state index in [1.54, 1.807) is 23.1 Å². The van der Waals surface area contributed by atoms with Crippen molar-refractivity contribution < 1.29 is 19.0 Å². The van der Waals surface area contributed by atoms with Crippen LogP contribution in [0.4, 0.5) is 15.9 Å². The van der Waals surface area contributed by atoms with Gasteiger partial charge in [-0.2, -0.15) is 9.97 Å². The van der Waals surface area contributed by atoms with Crippen molar-refractivity contribution >= 4 is 28.2 Å². The number of halogens is 1. The maximum absolute atomic E-state index is 14.8. The van der Waals surface area contributed by atoms with Crippen LogP contribution in [-0.2, 0) is 13.0 Å². The summed E-state index contributed by atoms with van der Waals surface area (Å²) in [7, 11) is 0. The number of hydrogen-bond acceptors (Lipinski definition) is 7. The van der Waals surface area contributed by atoms with Gasteiger partial charge in [-0.05, 0) is 55.3 Å². The second-order valence-electron chi connectivity index (χ2n) is 10.1. The van der Waals surface area contributed by atoms with Gasteiger partial charge >= 0.3 is 6.01 Å². The smallest absolute Gasteiger partial charge is 0.319 e. The van der Waals surface area contributed by atoms with E-state index in [0.29, 0.717) is 51.5 Å². The van der Waals surface area contributed by atoms with Gasteiger partial charge in [0.25, 0.3) is 5.91 Å². The van der Waals surface area contributed by atoms with E-state index in [-0.39, 0.29) is 30.1 Å². The summed E-state index contributed by atoms with van der Waals surface area (Å²) in [6.45, 7) is 5.37. The quantitative estimate of drug-likeness (QED) is 0.534. The molecule has 0 spiro atoms. The fourth-order valence-electron chi connectivity index (χ4n) is 5.83. The summed E-state index contributed by atoms with van der Waals surface area (Å²) < 4.78 is 21.0. The number of nitrogens with zero attached hydrogens (tertiary/aromatic N) is 4. The van der Waals surface area contributed by atoms with E-state index in [9.17, 15) is 14.3 Å². The Bertz CT molecular complexity index is 1350. The lowest BCUT2D eigenvalue weighted by Gasteiger charge is -2.24. The highest BCUT2D eigenvalue weighted by atomic mass is 19.1. The lowest BCUT2D eigenvalue weighted by atomic mass is 9.99. The Labute approximate surface area is 215 Å². The van der Waals surface area contributed by atoms with Gasteiger partial charge in [-0.25, -0.2) is 4.39 Å². The van der Waals surface area contributed by atoms with Crippen molar-refractivity contribution in [2.75, 3.05) is 36.0 Å². The second-order valence-corrected chi connectivity index (χ2v) is 10.1. The van der Waals surface area contributed by atoms with Crippen LogP contribution in [0.5, 0.6) is 11.8 Å². The number of aromatic nitrogens is 2. The Kier molecular flexibility index (Phi) is 6.32. The zero-order valence-corrected chi connectivity index (χ0v) is 21.1. The predicted octanol–water partition coefficient (Wildman–Crippen LogP) is 4.32. The molecule has 3 aromatic rings. The van der Waals surface area contributed by atoms with E-state index in [2.05, 4.69) is 10.2 Å². The van der Waals surface area contributed by atoms with Crippen LogP contribution in [0.15, 0.2) is 24.3 Å². The zero-order valence-electron chi connectivity index (χ0n) is 21.1. The molecule has 3 aliphatic rings. The van der Waals surface area contributed by atoms with Crippen LogP contribution in [-0.4, -0.2) is 53.3 Å². The number of fused-ring (bicyclic) bond motifs is 2. The Morgan fingerprint density at radius 3 is 2.70 bits per heavy atom. The molecule has 1 atom stereocenters. The first-order valence-electron chi connectivity index (χ1n) is 13.3. The summed E-state index contributed by atoms with van der Waals surface area (Å²) in [4.78, 5) is 27.3. The fourth-order valence-corrected chi connectivity index (χ4v) is 5.83. The first-order valence-corrected chi connectivity index (χ1v) is 13.3. The topological polar surface area (TPSA) is 90.8 Å². The number of benzene rings is 2. The number of anilines is 2. The van der Waals surface area contributed by atoms with Crippen molar-refractivity contribution in [1.29, 1.82) is 0 Å². The number of ether oxygens (including phenoxy) is 1. The number of rotatable bonds is 5. The van der Waals surface area contributed by atoms with Gasteiger partial charge in [-0.15, -0.1) is 0 Å². The van der Waals surface area contributed by atoms with Gasteiger partial charge < -0.3 is 25.0 Å². The van der Waals surface area contributed by atoms with Gasteiger partial charge in [0, 0.05) is 31.1 Å². The molecule has 2 fully saturated rings. The largest absolute Gasteiger partial charge is 0.508 e. The molecule has 6 rings (SSSR count). The van der Waals surface area contributed by atoms with Crippen LogP contribution in [0, 0.1) is 5.82 Å². The first kappa shape index (κ1) is 23.9. The van der Waals surface area contributed by atoms with Crippen molar-refractivity contribution in [1.82, 2.24) is 15.3 Å². The SMILES string of the molecule is CCc1c(F)ccc2cc(O)cc(N3Cc4nc(O[C@H]5CCNC5)nc(N5CCCCCC5)c4C3=O)c12. The maximum Gasteiger partial charge on any atom is 0.319 e. The van der Waals surface area contributed by atoms with Crippen molar-refractivity contribution in [3.8, 4) is 11.8 Å². The molecule has 1 aromatic heterocycles. The molecule has 1 amide bonds. The molecular formula is C28H32FN5O3. The summed E-state index contributed by atoms with van der Waals surface area (Å²) >= 11 is 0. The minimum atomic E-state index is -0.322. The van der Waals surface area contributed by atoms with E-state index >= 15 is 0 Å². The zero-order chi connectivity index (χ0) is 25.5. The van der Waals surface area contributed by atoms with E-state index < -0.39 is 0 Å². The normalized spacial score (nSPS) is 19.9. The van der Waals surface area contributed by atoms with Crippen molar-refractivity contribution in [3.63, 3.8) is 0 Å². The monoisotopic (exact) mass is 505 g/mol. The van der Waals surface area contributed by atoms with Gasteiger partial charge in [0.05, 0.1) is 17.9 Å². The molecule has 0 unspecified atom stereocenters. The molecule has 0 aliphatic carbocycles. The molecule has 194 valence electrons. The molecule has 37 heavy (non-hydrogen) atoms. The number of aromatic hydroxyl groups is 1. The van der Waals surface area contributed by atoms with Gasteiger partial charge in [-0.3, -0.25) is 4.79 Å². The summed E-state index contributed by atoms with van der Waals surface area (Å²) in [5.41, 5.74) is 2.09. The number of nitrogens with one attached hydrogen (secondary N) is 1. The third-order valence-electron chi connectivity index (χ3n) is 7.68. The van der Waals surface area contributed by atoms with Crippen LogP contribution in [0.3, 0.4) is 0 Å². The molecule has 0 bridgehead atoms. The van der Waals surface area contributed by atoms with E-state index in [0.717, 1.165) is 58.3 Å². The summed E-state index contributed by atoms with van der Waals surface area (Å²) in [6, 6.07) is 6.50. The Hall–Kier alpha value is -3.46. The maximum atomic E-state index is 14.8. The average Bonchev–Trinajstić information content (AvgIpc) is 3.41. The fraction of sp³-hybridized carbons (Fsp3) is 0.464. The molecule has 3 aliphatic heterocycles. The average molecular weight is 506 g/mol. The Balaban J connectivity index is 1.47. The van der Waals surface area contributed by atoms with Crippen molar-refractivity contribution in [3.05, 3.63) is 46.9 Å². The number of amides is 1. The molecule has 2 aromatic carbocycles. The molecule has 4 heterocycles. The third-order valence-corrected chi connectivity index (χ3v) is 7.68. The predicted molar refractivity (Wildman–Crippen MR) is 140 cm³/mol. The van der Waals surface area contributed by atoms with Crippen molar-refractivity contribution in [2.45, 2.75) is 58.1 Å². The highest BCUT2D eigenvalue weighted by Gasteiger charge is 2.37. The van der Waals surface area contributed by atoms with Crippen molar-refractivity contribution in [2.24, 2.45) is 0 Å². The third kappa shape index (κ3) is 4.35. The van der Waals surface area contributed by atoms with Gasteiger partial charge in [0.15, 0.2) is 0 Å². The van der Waals surface area contributed by atoms with E-state index in [1.807, 2.05) is 6.92 Å². The van der Waals surface area contributed by atoms with Gasteiger partial charge in [0.1, 0.15) is 29.1 Å². The number of hydrogen-bond donors (Lipinski definition) is 2. The number of carbonyl (C=O) groups is 1. The molecule has 9 heteroatoms. The minimum Gasteiger partial charge on any atom is -0.508 e. The van der Waals surface area contributed by atoms with E-state index in [4.69, 9.17) is 14.7 Å². The van der Waals surface area contributed by atoms with Gasteiger partial charge in [-0.1, -0.05) is 25.8 Å². The Morgan fingerprint density at radius 2 is 1.97 bits per heavy atom. The lowest BCUT2D eigenvalue weighted by Crippen LogP contribution is -2.29. The lowest BCUT2D eigenvalue weighted by molar-refractivity contribution is 0.0997. The number of aryl methyl sites for hydroxylation is 1. The minimum absolute atomic E-state index is 0.00616. The van der Waals surface area contributed by atoms with Crippen LogP contribution >= 0.6 is 0 Å². The molecule has 2 saturated heterocycles. The Morgan fingerprint density at radius 1 is 1.16 bits per heavy atom. The molecule has 0 radical (unpaired) electrons. The van der Waals surface area contributed by atoms with E-state index in [1.165, 1.54) is 6.07 Å².